The molecule has 110 valence electrons. The van der Waals surface area contributed by atoms with Crippen LogP contribution in [0.4, 0.5) is 4.39 Å². The molecule has 2 rings (SSSR count). The van der Waals surface area contributed by atoms with Gasteiger partial charge in [0.05, 0.1) is 15.6 Å². The molecule has 1 amide bonds. The minimum Gasteiger partial charge on any atom is -0.351 e. The molecule has 0 aliphatic heterocycles. The maximum absolute atomic E-state index is 13.4. The van der Waals surface area contributed by atoms with Gasteiger partial charge in [-0.15, -0.1) is 0 Å². The fourth-order valence-electron chi connectivity index (χ4n) is 1.94. The maximum atomic E-state index is 13.4. The third kappa shape index (κ3) is 3.96. The highest BCUT2D eigenvalue weighted by atomic mass is 35.5. The number of amides is 1. The summed E-state index contributed by atoms with van der Waals surface area (Å²) in [5, 5.41) is 2.78. The first-order chi connectivity index (χ1) is 9.99. The van der Waals surface area contributed by atoms with Crippen LogP contribution in [0.1, 0.15) is 28.8 Å². The summed E-state index contributed by atoms with van der Waals surface area (Å²) in [6.07, 6.45) is 0. The summed E-state index contributed by atoms with van der Waals surface area (Å²) in [6.45, 7) is 2.43. The summed E-state index contributed by atoms with van der Waals surface area (Å²) < 4.78 is 13.4. The second-order valence-corrected chi connectivity index (χ2v) is 5.58. The number of carbonyl (C=O) groups excluding carboxylic acids is 1. The predicted molar refractivity (Wildman–Crippen MR) is 83.6 cm³/mol. The van der Waals surface area contributed by atoms with E-state index in [4.69, 9.17) is 23.2 Å². The van der Waals surface area contributed by atoms with Crippen molar-refractivity contribution in [2.45, 2.75) is 12.8 Å². The monoisotopic (exact) mass is 325 g/mol. The molecule has 2 nitrogen and oxygen atoms in total. The van der Waals surface area contributed by atoms with E-state index >= 15 is 0 Å². The lowest BCUT2D eigenvalue weighted by atomic mass is 10.0. The van der Waals surface area contributed by atoms with Crippen molar-refractivity contribution in [1.82, 2.24) is 5.32 Å². The van der Waals surface area contributed by atoms with Crippen LogP contribution >= 0.6 is 23.2 Å². The third-order valence-electron chi connectivity index (χ3n) is 3.19. The predicted octanol–water partition coefficient (Wildman–Crippen LogP) is 4.67. The Morgan fingerprint density at radius 1 is 1.19 bits per heavy atom. The summed E-state index contributed by atoms with van der Waals surface area (Å²) >= 11 is 11.5. The molecule has 2 aromatic rings. The van der Waals surface area contributed by atoms with Crippen molar-refractivity contribution in [3.63, 3.8) is 0 Å². The lowest BCUT2D eigenvalue weighted by Crippen LogP contribution is -2.27. The number of hydrogen-bond acceptors (Lipinski definition) is 1. The molecule has 1 N–H and O–H groups in total. The van der Waals surface area contributed by atoms with Gasteiger partial charge in [-0.3, -0.25) is 4.79 Å². The zero-order valence-electron chi connectivity index (χ0n) is 11.4. The normalized spacial score (nSPS) is 12.0. The van der Waals surface area contributed by atoms with Gasteiger partial charge in [0.1, 0.15) is 5.82 Å². The molecular formula is C16H14Cl2FNO. The maximum Gasteiger partial charge on any atom is 0.252 e. The van der Waals surface area contributed by atoms with E-state index in [1.807, 2.05) is 37.3 Å². The molecule has 0 aliphatic rings. The number of nitrogens with one attached hydrogen (secondary N) is 1. The Bertz CT molecular complexity index is 646. The summed E-state index contributed by atoms with van der Waals surface area (Å²) in [5.41, 5.74) is 1.20. The second kappa shape index (κ2) is 6.92. The van der Waals surface area contributed by atoms with E-state index in [2.05, 4.69) is 5.32 Å². The first kappa shape index (κ1) is 15.8. The van der Waals surface area contributed by atoms with Crippen LogP contribution in [-0.2, 0) is 0 Å². The SMILES string of the molecule is CC(CNC(=O)c1cc(F)c(Cl)cc1Cl)c1ccccc1. The average molecular weight is 326 g/mol. The Morgan fingerprint density at radius 2 is 1.86 bits per heavy atom. The number of carbonyl (C=O) groups is 1. The van der Waals surface area contributed by atoms with E-state index in [1.165, 1.54) is 6.07 Å². The summed E-state index contributed by atoms with van der Waals surface area (Å²) in [5.74, 6) is -0.938. The van der Waals surface area contributed by atoms with Crippen LogP contribution < -0.4 is 5.32 Å². The van der Waals surface area contributed by atoms with Gasteiger partial charge in [0.25, 0.3) is 5.91 Å². The van der Waals surface area contributed by atoms with Crippen molar-refractivity contribution < 1.29 is 9.18 Å². The van der Waals surface area contributed by atoms with Crippen LogP contribution in [0.2, 0.25) is 10.0 Å². The Morgan fingerprint density at radius 3 is 2.52 bits per heavy atom. The van der Waals surface area contributed by atoms with Gasteiger partial charge in [-0.05, 0) is 23.6 Å². The third-order valence-corrected chi connectivity index (χ3v) is 3.79. The standard InChI is InChI=1S/C16H14Cl2FNO/c1-10(11-5-3-2-4-6-11)9-20-16(21)12-7-15(19)14(18)8-13(12)17/h2-8,10H,9H2,1H3,(H,20,21). The molecule has 5 heteroatoms. The molecule has 0 fully saturated rings. The van der Waals surface area contributed by atoms with Gasteiger partial charge in [-0.2, -0.15) is 0 Å². The molecule has 0 bridgehead atoms. The van der Waals surface area contributed by atoms with Gasteiger partial charge in [0, 0.05) is 6.54 Å². The molecule has 1 unspecified atom stereocenters. The zero-order chi connectivity index (χ0) is 15.4. The number of benzene rings is 2. The Hall–Kier alpha value is -1.58. The molecule has 0 aliphatic carbocycles. The first-order valence-electron chi connectivity index (χ1n) is 6.46. The zero-order valence-corrected chi connectivity index (χ0v) is 12.9. The van der Waals surface area contributed by atoms with Gasteiger partial charge in [-0.25, -0.2) is 4.39 Å². The second-order valence-electron chi connectivity index (χ2n) is 4.77. The lowest BCUT2D eigenvalue weighted by molar-refractivity contribution is 0.0951. The average Bonchev–Trinajstić information content (AvgIpc) is 2.49. The van der Waals surface area contributed by atoms with Crippen molar-refractivity contribution >= 4 is 29.1 Å². The van der Waals surface area contributed by atoms with Gasteiger partial charge < -0.3 is 5.32 Å². The highest BCUT2D eigenvalue weighted by molar-refractivity contribution is 6.36. The number of halogens is 3. The highest BCUT2D eigenvalue weighted by Crippen LogP contribution is 2.24. The van der Waals surface area contributed by atoms with Crippen molar-refractivity contribution in [3.05, 3.63) is 69.5 Å². The molecule has 0 spiro atoms. The highest BCUT2D eigenvalue weighted by Gasteiger charge is 2.15. The first-order valence-corrected chi connectivity index (χ1v) is 7.22. The minimum absolute atomic E-state index is 0.0822. The van der Waals surface area contributed by atoms with Crippen LogP contribution in [0.15, 0.2) is 42.5 Å². The van der Waals surface area contributed by atoms with E-state index in [0.29, 0.717) is 6.54 Å². The lowest BCUT2D eigenvalue weighted by Gasteiger charge is -2.13. The topological polar surface area (TPSA) is 29.1 Å². The van der Waals surface area contributed by atoms with Gasteiger partial charge >= 0.3 is 0 Å². The summed E-state index contributed by atoms with van der Waals surface area (Å²) in [6, 6.07) is 12.1. The Balaban J connectivity index is 2.04. The largest absolute Gasteiger partial charge is 0.351 e. The van der Waals surface area contributed by atoms with Gasteiger partial charge in [0.15, 0.2) is 0 Å². The van der Waals surface area contributed by atoms with Crippen LogP contribution in [0, 0.1) is 5.82 Å². The summed E-state index contributed by atoms with van der Waals surface area (Å²) in [7, 11) is 0. The van der Waals surface area contributed by atoms with Crippen molar-refractivity contribution in [2.75, 3.05) is 6.54 Å². The fraction of sp³-hybridized carbons (Fsp3) is 0.188. The van der Waals surface area contributed by atoms with Gasteiger partial charge in [-0.1, -0.05) is 60.5 Å². The van der Waals surface area contributed by atoms with Crippen molar-refractivity contribution in [3.8, 4) is 0 Å². The fourth-order valence-corrected chi connectivity index (χ4v) is 2.41. The van der Waals surface area contributed by atoms with Crippen molar-refractivity contribution in [2.24, 2.45) is 0 Å². The molecular weight excluding hydrogens is 312 g/mol. The molecule has 0 saturated carbocycles. The molecule has 1 atom stereocenters. The molecule has 0 radical (unpaired) electrons. The smallest absolute Gasteiger partial charge is 0.252 e. The minimum atomic E-state index is -0.665. The van der Waals surface area contributed by atoms with Gasteiger partial charge in [0.2, 0.25) is 0 Å². The molecule has 0 saturated heterocycles. The molecule has 0 heterocycles. The van der Waals surface area contributed by atoms with Crippen molar-refractivity contribution in [1.29, 1.82) is 0 Å². The van der Waals surface area contributed by atoms with Crippen LogP contribution in [0.3, 0.4) is 0 Å². The Kier molecular flexibility index (Phi) is 5.21. The quantitative estimate of drug-likeness (QED) is 0.813. The molecule has 0 aromatic heterocycles. The molecule has 2 aromatic carbocycles. The van der Waals surface area contributed by atoms with E-state index in [0.717, 1.165) is 11.6 Å². The number of hydrogen-bond donors (Lipinski definition) is 1. The Labute approximate surface area is 132 Å². The van der Waals surface area contributed by atoms with Crippen LogP contribution in [-0.4, -0.2) is 12.5 Å². The molecule has 21 heavy (non-hydrogen) atoms. The van der Waals surface area contributed by atoms with E-state index in [-0.39, 0.29) is 21.5 Å². The van der Waals surface area contributed by atoms with E-state index < -0.39 is 11.7 Å². The van der Waals surface area contributed by atoms with E-state index in [9.17, 15) is 9.18 Å². The summed E-state index contributed by atoms with van der Waals surface area (Å²) in [4.78, 5) is 12.1. The number of rotatable bonds is 4. The van der Waals surface area contributed by atoms with Crippen LogP contribution in [0.25, 0.3) is 0 Å². The van der Waals surface area contributed by atoms with Crippen LogP contribution in [0.5, 0.6) is 0 Å². The van der Waals surface area contributed by atoms with E-state index in [1.54, 1.807) is 0 Å².